The van der Waals surface area contributed by atoms with Gasteiger partial charge in [0.2, 0.25) is 5.69 Å². The molecular weight excluding hydrogens is 400 g/mol. The van der Waals surface area contributed by atoms with Crippen LogP contribution in [0.1, 0.15) is 27.7 Å². The van der Waals surface area contributed by atoms with Gasteiger partial charge in [0.1, 0.15) is 7.05 Å². The van der Waals surface area contributed by atoms with E-state index in [1.807, 2.05) is 37.5 Å². The minimum Gasteiger partial charge on any atom is -0.309 e. The molecule has 2 heterocycles. The minimum absolute atomic E-state index is 0.0732. The number of para-hydroxylation sites is 2. The fourth-order valence-electron chi connectivity index (χ4n) is 4.80. The number of nitrogens with zero attached hydrogens (tertiary/aromatic N) is 2. The molecule has 0 bridgehead atoms. The third kappa shape index (κ3) is 2.98. The van der Waals surface area contributed by atoms with Gasteiger partial charge in [-0.1, -0.05) is 47.9 Å². The molecule has 0 saturated carbocycles. The molecule has 33 heavy (non-hydrogen) atoms. The van der Waals surface area contributed by atoms with Crippen LogP contribution < -0.4 is 4.57 Å². The number of hydrogen-bond acceptors (Lipinski definition) is 0. The van der Waals surface area contributed by atoms with Gasteiger partial charge in [0.25, 0.3) is 0 Å². The maximum absolute atomic E-state index is 8.77. The van der Waals surface area contributed by atoms with Crippen LogP contribution in [0.3, 0.4) is 0 Å². The number of benzene rings is 4. The monoisotopic (exact) mass is 435 g/mol. The van der Waals surface area contributed by atoms with Crippen LogP contribution in [0.5, 0.6) is 0 Å². The average Bonchev–Trinajstić information content (AvgIpc) is 3.31. The molecule has 6 rings (SSSR count). The second kappa shape index (κ2) is 7.31. The molecule has 6 aromatic rings. The lowest BCUT2D eigenvalue weighted by molar-refractivity contribution is -0.659. The summed E-state index contributed by atoms with van der Waals surface area (Å²) in [4.78, 5) is 0. The van der Waals surface area contributed by atoms with Crippen molar-refractivity contribution in [3.63, 3.8) is 0 Å². The molecule has 0 atom stereocenters. The van der Waals surface area contributed by atoms with E-state index in [0.29, 0.717) is 5.69 Å². The van der Waals surface area contributed by atoms with Crippen LogP contribution in [0, 0.1) is 20.8 Å². The zero-order valence-electron chi connectivity index (χ0n) is 26.9. The fourth-order valence-corrected chi connectivity index (χ4v) is 4.80. The van der Waals surface area contributed by atoms with Gasteiger partial charge in [-0.15, -0.1) is 0 Å². The SMILES string of the molecule is [2H]c1c([2H])c([2H])c2c(c1[2H])c1c([2H])c([2H])c([2H])c([2H])c1n2-c1ccc2c(-c3cc(C)cc(C)c3C)[n+](C)ccc2c1. The summed E-state index contributed by atoms with van der Waals surface area (Å²) in [6.45, 7) is 6.28. The molecule has 0 radical (unpaired) electrons. The molecule has 0 unspecified atom stereocenters. The van der Waals surface area contributed by atoms with Crippen LogP contribution in [0.4, 0.5) is 0 Å². The van der Waals surface area contributed by atoms with Gasteiger partial charge in [-0.2, -0.15) is 0 Å². The third-order valence-corrected chi connectivity index (χ3v) is 6.48. The molecule has 0 aliphatic heterocycles. The number of aromatic nitrogens is 2. The second-order valence-corrected chi connectivity index (χ2v) is 8.58. The number of aryl methyl sites for hydroxylation is 3. The van der Waals surface area contributed by atoms with Crippen LogP contribution in [-0.4, -0.2) is 4.57 Å². The van der Waals surface area contributed by atoms with Gasteiger partial charge in [-0.25, -0.2) is 4.57 Å². The van der Waals surface area contributed by atoms with Crippen molar-refractivity contribution >= 4 is 32.6 Å². The van der Waals surface area contributed by atoms with Gasteiger partial charge in [0, 0.05) is 22.5 Å². The number of fused-ring (bicyclic) bond motifs is 4. The van der Waals surface area contributed by atoms with Gasteiger partial charge < -0.3 is 4.57 Å². The molecule has 4 aromatic carbocycles. The van der Waals surface area contributed by atoms with Crippen LogP contribution in [-0.2, 0) is 7.05 Å². The Hall–Kier alpha value is -3.91. The maximum atomic E-state index is 8.77. The van der Waals surface area contributed by atoms with Crippen molar-refractivity contribution in [1.29, 1.82) is 0 Å². The third-order valence-electron chi connectivity index (χ3n) is 6.48. The smallest absolute Gasteiger partial charge is 0.220 e. The molecule has 0 aliphatic rings. The van der Waals surface area contributed by atoms with Gasteiger partial charge in [-0.05, 0) is 73.6 Å². The van der Waals surface area contributed by atoms with E-state index in [9.17, 15) is 0 Å². The van der Waals surface area contributed by atoms with Crippen molar-refractivity contribution in [2.75, 3.05) is 0 Å². The highest BCUT2D eigenvalue weighted by Gasteiger charge is 2.19. The Balaban J connectivity index is 1.77. The molecule has 0 fully saturated rings. The lowest BCUT2D eigenvalue weighted by atomic mass is 9.94. The summed E-state index contributed by atoms with van der Waals surface area (Å²) in [6, 6.07) is 8.96. The van der Waals surface area contributed by atoms with Gasteiger partial charge in [0.05, 0.1) is 32.9 Å². The topological polar surface area (TPSA) is 8.81 Å². The van der Waals surface area contributed by atoms with Gasteiger partial charge in [-0.3, -0.25) is 0 Å². The van der Waals surface area contributed by atoms with E-state index in [0.717, 1.165) is 27.6 Å². The first-order valence-electron chi connectivity index (χ1n) is 14.9. The van der Waals surface area contributed by atoms with E-state index in [2.05, 4.69) is 37.5 Å². The zero-order valence-corrected chi connectivity index (χ0v) is 18.9. The predicted octanol–water partition coefficient (Wildman–Crippen LogP) is 7.35. The Morgan fingerprint density at radius 2 is 1.42 bits per heavy atom. The summed E-state index contributed by atoms with van der Waals surface area (Å²) in [7, 11) is 2.00. The van der Waals surface area contributed by atoms with Crippen molar-refractivity contribution < 1.29 is 15.5 Å². The first-order chi connectivity index (χ1) is 19.3. The Morgan fingerprint density at radius 1 is 0.758 bits per heavy atom. The molecular formula is C31H27N2+. The highest BCUT2D eigenvalue weighted by molar-refractivity contribution is 6.09. The van der Waals surface area contributed by atoms with Crippen LogP contribution in [0.25, 0.3) is 49.5 Å². The molecule has 2 aromatic heterocycles. The molecule has 160 valence electrons. The molecule has 0 aliphatic carbocycles. The highest BCUT2D eigenvalue weighted by Crippen LogP contribution is 2.35. The van der Waals surface area contributed by atoms with Crippen molar-refractivity contribution in [2.45, 2.75) is 20.8 Å². The number of hydrogen-bond donors (Lipinski definition) is 0. The first-order valence-corrected chi connectivity index (χ1v) is 10.9. The molecule has 2 heteroatoms. The maximum Gasteiger partial charge on any atom is 0.220 e. The van der Waals surface area contributed by atoms with E-state index in [4.69, 9.17) is 11.0 Å². The van der Waals surface area contributed by atoms with Crippen LogP contribution in [0.15, 0.2) is 90.9 Å². The predicted molar refractivity (Wildman–Crippen MR) is 139 cm³/mol. The van der Waals surface area contributed by atoms with Crippen molar-refractivity contribution in [3.05, 3.63) is 108 Å². The summed E-state index contributed by atoms with van der Waals surface area (Å²) in [5.41, 5.74) is 6.44. The van der Waals surface area contributed by atoms with E-state index in [-0.39, 0.29) is 46.0 Å². The summed E-state index contributed by atoms with van der Waals surface area (Å²) in [5, 5.41) is 2.01. The van der Waals surface area contributed by atoms with E-state index < -0.39 is 24.2 Å². The standard InChI is InChI=1S/C31H27N2/c1-20-17-21(2)22(3)28(18-20)31-25-14-13-24(19-23(25)15-16-32(31)4)33-29-11-7-5-9-26(29)27-10-6-8-12-30(27)33/h5-19H,1-4H3/q+1/i5D,6D,7D,8D,9D,10D,11D,12D. The molecule has 0 N–H and O–H groups in total. The summed E-state index contributed by atoms with van der Waals surface area (Å²) < 4.78 is 71.7. The van der Waals surface area contributed by atoms with Crippen molar-refractivity contribution in [2.24, 2.45) is 7.05 Å². The Bertz CT molecular complexity index is 2050. The minimum atomic E-state index is -0.451. The van der Waals surface area contributed by atoms with Gasteiger partial charge in [0.15, 0.2) is 6.20 Å². The number of pyridine rings is 1. The van der Waals surface area contributed by atoms with Gasteiger partial charge >= 0.3 is 0 Å². The normalized spacial score (nSPS) is 15.0. The van der Waals surface area contributed by atoms with E-state index in [1.54, 1.807) is 4.57 Å². The average molecular weight is 436 g/mol. The lowest BCUT2D eigenvalue weighted by Gasteiger charge is -2.13. The summed E-state index contributed by atoms with van der Waals surface area (Å²) in [5.74, 6) is 0. The highest BCUT2D eigenvalue weighted by atomic mass is 15.0. The van der Waals surface area contributed by atoms with E-state index in [1.165, 1.54) is 11.1 Å². The molecule has 0 spiro atoms. The molecule has 0 saturated heterocycles. The largest absolute Gasteiger partial charge is 0.309 e. The first kappa shape index (κ1) is 13.0. The molecule has 2 nitrogen and oxygen atoms in total. The second-order valence-electron chi connectivity index (χ2n) is 8.58. The summed E-state index contributed by atoms with van der Waals surface area (Å²) in [6.07, 6.45) is 1.97. The Labute approximate surface area is 205 Å². The Kier molecular flexibility index (Phi) is 2.87. The fraction of sp³-hybridized carbons (Fsp3) is 0.129. The summed E-state index contributed by atoms with van der Waals surface area (Å²) >= 11 is 0. The quantitative estimate of drug-likeness (QED) is 0.251. The number of rotatable bonds is 2. The Morgan fingerprint density at radius 3 is 2.12 bits per heavy atom. The zero-order chi connectivity index (χ0) is 29.7. The van der Waals surface area contributed by atoms with E-state index >= 15 is 0 Å². The lowest BCUT2D eigenvalue weighted by Crippen LogP contribution is -2.30. The van der Waals surface area contributed by atoms with Crippen molar-refractivity contribution in [3.8, 4) is 16.9 Å². The molecule has 0 amide bonds. The van der Waals surface area contributed by atoms with Crippen LogP contribution >= 0.6 is 0 Å². The van der Waals surface area contributed by atoms with Crippen LogP contribution in [0.2, 0.25) is 0 Å². The van der Waals surface area contributed by atoms with Crippen molar-refractivity contribution in [1.82, 2.24) is 4.57 Å².